The van der Waals surface area contributed by atoms with E-state index in [1.165, 1.54) is 12.8 Å². The largest absolute Gasteiger partial charge is 0.348 e. The van der Waals surface area contributed by atoms with Crippen molar-refractivity contribution in [3.05, 3.63) is 15.9 Å². The lowest BCUT2D eigenvalue weighted by Gasteiger charge is -2.34. The molecule has 2 rings (SSSR count). The Kier molecular flexibility index (Phi) is 4.33. The van der Waals surface area contributed by atoms with E-state index in [-0.39, 0.29) is 11.9 Å². The zero-order chi connectivity index (χ0) is 14.2. The maximum Gasteiger partial charge on any atom is 0.273 e. The molecule has 0 unspecified atom stereocenters. The van der Waals surface area contributed by atoms with E-state index < -0.39 is 0 Å². The highest BCUT2D eigenvalue weighted by Gasteiger charge is 2.29. The topological polar surface area (TPSA) is 46.9 Å². The number of nitrogens with one attached hydrogen (secondary N) is 1. The predicted molar refractivity (Wildman–Crippen MR) is 79.1 cm³/mol. The Morgan fingerprint density at radius 2 is 2.11 bits per heavy atom. The van der Waals surface area contributed by atoms with Crippen molar-refractivity contribution in [3.63, 3.8) is 0 Å². The number of nitrogens with zero attached hydrogens (tertiary/aromatic N) is 2. The number of halogens is 1. The first-order valence-corrected chi connectivity index (χ1v) is 7.71. The first-order valence-electron chi connectivity index (χ1n) is 6.91. The van der Waals surface area contributed by atoms with Gasteiger partial charge in [0.1, 0.15) is 0 Å². The fraction of sp³-hybridized carbons (Fsp3) is 0.714. The highest BCUT2D eigenvalue weighted by molar-refractivity contribution is 9.10. The van der Waals surface area contributed by atoms with Crippen molar-refractivity contribution in [2.45, 2.75) is 46.1 Å². The molecule has 0 aliphatic heterocycles. The van der Waals surface area contributed by atoms with Crippen molar-refractivity contribution in [2.75, 3.05) is 0 Å². The molecule has 1 N–H and O–H groups in total. The number of carbonyl (C=O) groups excluding carboxylic acids is 1. The van der Waals surface area contributed by atoms with Gasteiger partial charge in [0.15, 0.2) is 5.69 Å². The number of rotatable bonds is 2. The van der Waals surface area contributed by atoms with Crippen molar-refractivity contribution in [1.29, 1.82) is 0 Å². The Morgan fingerprint density at radius 3 is 2.68 bits per heavy atom. The summed E-state index contributed by atoms with van der Waals surface area (Å²) in [5.74, 6) is 1.13. The Hall–Kier alpha value is -0.840. The minimum absolute atomic E-state index is 0.0680. The first-order chi connectivity index (χ1) is 8.91. The smallest absolute Gasteiger partial charge is 0.273 e. The second-order valence-electron chi connectivity index (χ2n) is 5.72. The van der Waals surface area contributed by atoms with Crippen LogP contribution in [0.2, 0.25) is 0 Å². The molecule has 1 saturated carbocycles. The summed E-state index contributed by atoms with van der Waals surface area (Å²) < 4.78 is 2.52. The van der Waals surface area contributed by atoms with Gasteiger partial charge in [0.05, 0.1) is 10.2 Å². The summed E-state index contributed by atoms with van der Waals surface area (Å²) in [4.78, 5) is 12.3. The summed E-state index contributed by atoms with van der Waals surface area (Å²) in [6.07, 6.45) is 3.53. The normalized spacial score (nSPS) is 27.3. The van der Waals surface area contributed by atoms with Gasteiger partial charge in [0, 0.05) is 13.1 Å². The van der Waals surface area contributed by atoms with Gasteiger partial charge < -0.3 is 5.32 Å². The third-order valence-electron chi connectivity index (χ3n) is 4.50. The molecule has 1 aromatic heterocycles. The molecule has 1 aliphatic carbocycles. The molecule has 1 fully saturated rings. The van der Waals surface area contributed by atoms with Crippen LogP contribution in [0, 0.1) is 18.8 Å². The molecule has 0 bridgehead atoms. The van der Waals surface area contributed by atoms with Crippen LogP contribution in [-0.4, -0.2) is 21.7 Å². The van der Waals surface area contributed by atoms with Crippen molar-refractivity contribution < 1.29 is 4.79 Å². The molecular weight excluding hydrogens is 306 g/mol. The van der Waals surface area contributed by atoms with E-state index >= 15 is 0 Å². The lowest BCUT2D eigenvalue weighted by atomic mass is 9.78. The third-order valence-corrected chi connectivity index (χ3v) is 5.45. The van der Waals surface area contributed by atoms with Crippen LogP contribution in [0.5, 0.6) is 0 Å². The fourth-order valence-corrected chi connectivity index (χ4v) is 3.27. The fourth-order valence-electron chi connectivity index (χ4n) is 2.75. The van der Waals surface area contributed by atoms with E-state index in [1.54, 1.807) is 4.68 Å². The number of amides is 1. The summed E-state index contributed by atoms with van der Waals surface area (Å²) in [5, 5.41) is 7.43. The van der Waals surface area contributed by atoms with Crippen LogP contribution in [0.4, 0.5) is 0 Å². The summed E-state index contributed by atoms with van der Waals surface area (Å²) >= 11 is 3.45. The van der Waals surface area contributed by atoms with Crippen LogP contribution in [0.15, 0.2) is 4.47 Å². The molecule has 3 atom stereocenters. The van der Waals surface area contributed by atoms with Crippen molar-refractivity contribution in [2.24, 2.45) is 18.9 Å². The maximum absolute atomic E-state index is 12.3. The quantitative estimate of drug-likeness (QED) is 0.907. The van der Waals surface area contributed by atoms with Gasteiger partial charge in [-0.25, -0.2) is 0 Å². The molecule has 1 aromatic rings. The Bertz CT molecular complexity index is 483. The molecule has 1 aliphatic rings. The van der Waals surface area contributed by atoms with Gasteiger partial charge in [-0.05, 0) is 41.1 Å². The molecule has 5 heteroatoms. The van der Waals surface area contributed by atoms with Gasteiger partial charge in [-0.2, -0.15) is 5.10 Å². The van der Waals surface area contributed by atoms with Gasteiger partial charge >= 0.3 is 0 Å². The molecule has 0 spiro atoms. The number of hydrogen-bond donors (Lipinski definition) is 1. The van der Waals surface area contributed by atoms with E-state index in [4.69, 9.17) is 0 Å². The van der Waals surface area contributed by atoms with Gasteiger partial charge in [-0.15, -0.1) is 0 Å². The molecule has 106 valence electrons. The van der Waals surface area contributed by atoms with E-state index in [2.05, 4.69) is 40.2 Å². The predicted octanol–water partition coefficient (Wildman–Crippen LogP) is 3.05. The number of carbonyl (C=O) groups is 1. The molecule has 1 amide bonds. The Morgan fingerprint density at radius 1 is 1.42 bits per heavy atom. The summed E-state index contributed by atoms with van der Waals surface area (Å²) in [7, 11) is 1.85. The van der Waals surface area contributed by atoms with Crippen LogP contribution >= 0.6 is 15.9 Å². The summed E-state index contributed by atoms with van der Waals surface area (Å²) in [5.41, 5.74) is 1.46. The van der Waals surface area contributed by atoms with Crippen LogP contribution in [0.1, 0.15) is 49.3 Å². The van der Waals surface area contributed by atoms with E-state index in [1.807, 2.05) is 14.0 Å². The molecular formula is C14H22BrN3O. The zero-order valence-electron chi connectivity index (χ0n) is 12.0. The lowest BCUT2D eigenvalue weighted by molar-refractivity contribution is 0.0884. The molecule has 19 heavy (non-hydrogen) atoms. The average molecular weight is 328 g/mol. The summed E-state index contributed by atoms with van der Waals surface area (Å²) in [6, 6.07) is 0.269. The first kappa shape index (κ1) is 14.6. The lowest BCUT2D eigenvalue weighted by Crippen LogP contribution is -2.43. The van der Waals surface area contributed by atoms with Gasteiger partial charge in [0.25, 0.3) is 5.91 Å². The van der Waals surface area contributed by atoms with E-state index in [0.29, 0.717) is 17.5 Å². The van der Waals surface area contributed by atoms with E-state index in [0.717, 1.165) is 16.6 Å². The molecule has 0 radical (unpaired) electrons. The molecule has 0 saturated heterocycles. The second kappa shape index (κ2) is 5.65. The standard InChI is InChI=1S/C14H22BrN3O/c1-8-6-5-7-11(9(8)2)16-14(19)13-12(15)10(3)18(4)17-13/h8-9,11H,5-7H2,1-4H3,(H,16,19)/t8-,9+,11+/m1/s1. The second-order valence-corrected chi connectivity index (χ2v) is 6.51. The van der Waals surface area contributed by atoms with Crippen molar-refractivity contribution in [3.8, 4) is 0 Å². The number of aromatic nitrogens is 2. The minimum Gasteiger partial charge on any atom is -0.348 e. The van der Waals surface area contributed by atoms with Crippen LogP contribution < -0.4 is 5.32 Å². The Balaban J connectivity index is 2.10. The van der Waals surface area contributed by atoms with Crippen LogP contribution in [-0.2, 0) is 7.05 Å². The SMILES string of the molecule is Cc1c(Br)c(C(=O)N[C@H]2CCC[C@@H](C)[C@@H]2C)nn1C. The average Bonchev–Trinajstić information content (AvgIpc) is 2.63. The molecule has 1 heterocycles. The highest BCUT2D eigenvalue weighted by atomic mass is 79.9. The van der Waals surface area contributed by atoms with Gasteiger partial charge in [-0.1, -0.05) is 26.7 Å². The molecule has 4 nitrogen and oxygen atoms in total. The highest BCUT2D eigenvalue weighted by Crippen LogP contribution is 2.30. The van der Waals surface area contributed by atoms with Crippen molar-refractivity contribution >= 4 is 21.8 Å². The molecule has 0 aromatic carbocycles. The van der Waals surface area contributed by atoms with Gasteiger partial charge in [-0.3, -0.25) is 9.48 Å². The van der Waals surface area contributed by atoms with E-state index in [9.17, 15) is 4.79 Å². The Labute approximate surface area is 123 Å². The maximum atomic E-state index is 12.3. The van der Waals surface area contributed by atoms with Crippen LogP contribution in [0.3, 0.4) is 0 Å². The monoisotopic (exact) mass is 327 g/mol. The van der Waals surface area contributed by atoms with Gasteiger partial charge in [0.2, 0.25) is 0 Å². The minimum atomic E-state index is -0.0680. The number of aryl methyl sites for hydroxylation is 1. The van der Waals surface area contributed by atoms with Crippen LogP contribution in [0.25, 0.3) is 0 Å². The third kappa shape index (κ3) is 2.86. The zero-order valence-corrected chi connectivity index (χ0v) is 13.6. The van der Waals surface area contributed by atoms with Crippen molar-refractivity contribution in [1.82, 2.24) is 15.1 Å². The number of hydrogen-bond acceptors (Lipinski definition) is 2. The summed E-state index contributed by atoms with van der Waals surface area (Å²) in [6.45, 7) is 6.44.